The number of aromatic carboxylic acids is 1. The zero-order chi connectivity index (χ0) is 21.0. The SMILES string of the molecule is CCOc1ccc(-c2cccc(S(=O)(=O)Nc3ccc(C(=O)O)c(O)c3)c2)cn1. The first-order chi connectivity index (χ1) is 13.8. The summed E-state index contributed by atoms with van der Waals surface area (Å²) in [5.41, 5.74) is 1.08. The van der Waals surface area contributed by atoms with E-state index in [1.54, 1.807) is 30.5 Å². The highest BCUT2D eigenvalue weighted by atomic mass is 32.2. The number of aromatic nitrogens is 1. The Hall–Kier alpha value is -3.59. The summed E-state index contributed by atoms with van der Waals surface area (Å²) in [6.45, 7) is 2.35. The number of carbonyl (C=O) groups is 1. The Morgan fingerprint density at radius 1 is 1.10 bits per heavy atom. The van der Waals surface area contributed by atoms with Gasteiger partial charge in [0.2, 0.25) is 5.88 Å². The average molecular weight is 414 g/mol. The number of phenols is 1. The van der Waals surface area contributed by atoms with Crippen molar-refractivity contribution in [2.24, 2.45) is 0 Å². The Balaban J connectivity index is 1.87. The highest BCUT2D eigenvalue weighted by molar-refractivity contribution is 7.92. The first-order valence-corrected chi connectivity index (χ1v) is 10.1. The molecular weight excluding hydrogens is 396 g/mol. The second-order valence-electron chi connectivity index (χ2n) is 5.99. The molecule has 150 valence electrons. The quantitative estimate of drug-likeness (QED) is 0.541. The van der Waals surface area contributed by atoms with Crippen LogP contribution in [0.25, 0.3) is 11.1 Å². The lowest BCUT2D eigenvalue weighted by Crippen LogP contribution is -2.13. The Kier molecular flexibility index (Phi) is 5.69. The summed E-state index contributed by atoms with van der Waals surface area (Å²) < 4.78 is 33.0. The number of hydrogen-bond acceptors (Lipinski definition) is 6. The molecule has 9 heteroatoms. The van der Waals surface area contributed by atoms with Crippen LogP contribution in [-0.2, 0) is 10.0 Å². The van der Waals surface area contributed by atoms with Gasteiger partial charge in [0.25, 0.3) is 10.0 Å². The van der Waals surface area contributed by atoms with Crippen LogP contribution in [0.5, 0.6) is 11.6 Å². The number of carboxylic acid groups (broad SMARTS) is 1. The summed E-state index contributed by atoms with van der Waals surface area (Å²) in [6, 6.07) is 13.2. The normalized spacial score (nSPS) is 11.1. The van der Waals surface area contributed by atoms with E-state index in [0.29, 0.717) is 23.6 Å². The van der Waals surface area contributed by atoms with Crippen LogP contribution in [0.2, 0.25) is 0 Å². The third-order valence-corrected chi connectivity index (χ3v) is 5.37. The second kappa shape index (κ2) is 8.19. The van der Waals surface area contributed by atoms with Crippen molar-refractivity contribution in [3.8, 4) is 22.8 Å². The van der Waals surface area contributed by atoms with E-state index in [1.807, 2.05) is 6.92 Å². The lowest BCUT2D eigenvalue weighted by atomic mass is 10.1. The summed E-state index contributed by atoms with van der Waals surface area (Å²) in [5, 5.41) is 18.7. The minimum Gasteiger partial charge on any atom is -0.507 e. The third-order valence-electron chi connectivity index (χ3n) is 3.99. The summed E-state index contributed by atoms with van der Waals surface area (Å²) in [7, 11) is -3.96. The van der Waals surface area contributed by atoms with Crippen molar-refractivity contribution < 1.29 is 28.2 Å². The van der Waals surface area contributed by atoms with Gasteiger partial charge in [0.15, 0.2) is 0 Å². The number of carboxylic acids is 1. The van der Waals surface area contributed by atoms with Crippen LogP contribution in [0.4, 0.5) is 5.69 Å². The number of sulfonamides is 1. The lowest BCUT2D eigenvalue weighted by Gasteiger charge is -2.11. The molecule has 8 nitrogen and oxygen atoms in total. The van der Waals surface area contributed by atoms with E-state index >= 15 is 0 Å². The molecule has 3 aromatic rings. The van der Waals surface area contributed by atoms with E-state index in [2.05, 4.69) is 9.71 Å². The monoisotopic (exact) mass is 414 g/mol. The van der Waals surface area contributed by atoms with Crippen molar-refractivity contribution in [1.82, 2.24) is 4.98 Å². The molecule has 0 atom stereocenters. The van der Waals surface area contributed by atoms with E-state index in [4.69, 9.17) is 9.84 Å². The number of aromatic hydroxyl groups is 1. The molecule has 0 radical (unpaired) electrons. The first kappa shape index (κ1) is 20.2. The zero-order valence-electron chi connectivity index (χ0n) is 15.4. The number of benzene rings is 2. The third kappa shape index (κ3) is 4.64. The molecular formula is C20H18N2O6S. The second-order valence-corrected chi connectivity index (χ2v) is 7.67. The smallest absolute Gasteiger partial charge is 0.339 e. The minimum atomic E-state index is -3.96. The summed E-state index contributed by atoms with van der Waals surface area (Å²) in [6.07, 6.45) is 1.59. The molecule has 0 spiro atoms. The van der Waals surface area contributed by atoms with Gasteiger partial charge in [-0.2, -0.15) is 0 Å². The van der Waals surface area contributed by atoms with Crippen molar-refractivity contribution in [2.45, 2.75) is 11.8 Å². The van der Waals surface area contributed by atoms with Crippen LogP contribution in [-0.4, -0.2) is 36.2 Å². The fourth-order valence-electron chi connectivity index (χ4n) is 2.62. The van der Waals surface area contributed by atoms with E-state index < -0.39 is 21.7 Å². The molecule has 0 saturated carbocycles. The molecule has 0 unspecified atom stereocenters. The predicted molar refractivity (Wildman–Crippen MR) is 107 cm³/mol. The Bertz CT molecular complexity index is 1140. The minimum absolute atomic E-state index is 0.00526. The molecule has 1 aromatic heterocycles. The largest absolute Gasteiger partial charge is 0.507 e. The number of rotatable bonds is 7. The topological polar surface area (TPSA) is 126 Å². The van der Waals surface area contributed by atoms with E-state index in [-0.39, 0.29) is 16.1 Å². The van der Waals surface area contributed by atoms with E-state index in [0.717, 1.165) is 12.1 Å². The standard InChI is InChI=1S/C20H18N2O6S/c1-2-28-19-9-6-14(12-21-19)13-4-3-5-16(10-13)29(26,27)22-15-7-8-17(20(24)25)18(23)11-15/h3-12,22-23H,2H2,1H3,(H,24,25). The van der Waals surface area contributed by atoms with E-state index in [9.17, 15) is 18.3 Å². The van der Waals surface area contributed by atoms with Crippen molar-refractivity contribution in [3.05, 3.63) is 66.4 Å². The Morgan fingerprint density at radius 2 is 1.90 bits per heavy atom. The first-order valence-electron chi connectivity index (χ1n) is 8.58. The number of anilines is 1. The van der Waals surface area contributed by atoms with Gasteiger partial charge in [-0.3, -0.25) is 4.72 Å². The van der Waals surface area contributed by atoms with Crippen molar-refractivity contribution in [2.75, 3.05) is 11.3 Å². The summed E-state index contributed by atoms with van der Waals surface area (Å²) in [5.74, 6) is -1.37. The molecule has 0 fully saturated rings. The number of nitrogens with zero attached hydrogens (tertiary/aromatic N) is 1. The molecule has 0 aliphatic carbocycles. The van der Waals surface area contributed by atoms with Crippen LogP contribution < -0.4 is 9.46 Å². The fourth-order valence-corrected chi connectivity index (χ4v) is 3.71. The maximum atomic E-state index is 12.7. The molecule has 0 amide bonds. The van der Waals surface area contributed by atoms with Gasteiger partial charge in [-0.05, 0) is 42.8 Å². The van der Waals surface area contributed by atoms with Gasteiger partial charge < -0.3 is 14.9 Å². The van der Waals surface area contributed by atoms with Gasteiger partial charge >= 0.3 is 5.97 Å². The Labute approximate surface area is 167 Å². The van der Waals surface area contributed by atoms with Crippen LogP contribution in [0.3, 0.4) is 0 Å². The van der Waals surface area contributed by atoms with Crippen LogP contribution >= 0.6 is 0 Å². The zero-order valence-corrected chi connectivity index (χ0v) is 16.2. The van der Waals surface area contributed by atoms with Crippen molar-refractivity contribution in [3.63, 3.8) is 0 Å². The fraction of sp³-hybridized carbons (Fsp3) is 0.100. The van der Waals surface area contributed by atoms with Gasteiger partial charge in [-0.15, -0.1) is 0 Å². The van der Waals surface area contributed by atoms with Crippen LogP contribution in [0.1, 0.15) is 17.3 Å². The van der Waals surface area contributed by atoms with Crippen LogP contribution in [0, 0.1) is 0 Å². The van der Waals surface area contributed by atoms with Gasteiger partial charge in [0.1, 0.15) is 11.3 Å². The van der Waals surface area contributed by atoms with Gasteiger partial charge in [0.05, 0.1) is 17.2 Å². The molecule has 3 rings (SSSR count). The summed E-state index contributed by atoms with van der Waals surface area (Å²) in [4.78, 5) is 15.1. The van der Waals surface area contributed by atoms with E-state index in [1.165, 1.54) is 18.2 Å². The number of hydrogen-bond donors (Lipinski definition) is 3. The average Bonchev–Trinajstić information content (AvgIpc) is 2.68. The molecule has 0 aliphatic rings. The highest BCUT2D eigenvalue weighted by Crippen LogP contribution is 2.27. The maximum absolute atomic E-state index is 12.7. The van der Waals surface area contributed by atoms with Crippen LogP contribution in [0.15, 0.2) is 65.7 Å². The highest BCUT2D eigenvalue weighted by Gasteiger charge is 2.17. The van der Waals surface area contributed by atoms with Crippen molar-refractivity contribution >= 4 is 21.7 Å². The van der Waals surface area contributed by atoms with Gasteiger partial charge in [0, 0.05) is 23.9 Å². The summed E-state index contributed by atoms with van der Waals surface area (Å²) >= 11 is 0. The van der Waals surface area contributed by atoms with Gasteiger partial charge in [-0.1, -0.05) is 12.1 Å². The molecule has 0 bridgehead atoms. The maximum Gasteiger partial charge on any atom is 0.339 e. The number of pyridine rings is 1. The molecule has 0 aliphatic heterocycles. The Morgan fingerprint density at radius 3 is 2.52 bits per heavy atom. The molecule has 29 heavy (non-hydrogen) atoms. The molecule has 2 aromatic carbocycles. The predicted octanol–water partition coefficient (Wildman–Crippen LogP) is 3.35. The molecule has 0 saturated heterocycles. The molecule has 1 heterocycles. The number of ether oxygens (including phenoxy) is 1. The van der Waals surface area contributed by atoms with Gasteiger partial charge in [-0.25, -0.2) is 18.2 Å². The lowest BCUT2D eigenvalue weighted by molar-refractivity contribution is 0.0693. The number of nitrogens with one attached hydrogen (secondary N) is 1. The molecule has 3 N–H and O–H groups in total. The van der Waals surface area contributed by atoms with Crippen molar-refractivity contribution in [1.29, 1.82) is 0 Å².